The summed E-state index contributed by atoms with van der Waals surface area (Å²) >= 11 is 3.44. The highest BCUT2D eigenvalue weighted by molar-refractivity contribution is 9.10. The van der Waals surface area contributed by atoms with Gasteiger partial charge in [0.05, 0.1) is 5.83 Å². The largest absolute Gasteiger partial charge is 0.339 e. The van der Waals surface area contributed by atoms with Crippen molar-refractivity contribution in [2.24, 2.45) is 0 Å². The molecule has 0 fully saturated rings. The van der Waals surface area contributed by atoms with Gasteiger partial charge in [-0.05, 0) is 31.0 Å². The summed E-state index contributed by atoms with van der Waals surface area (Å²) in [5, 5.41) is 4.04. The second kappa shape index (κ2) is 10.7. The highest BCUT2D eigenvalue weighted by atomic mass is 79.9. The standard InChI is InChI=1S/C22H29BrFN3O2/c1-16(24)12-13-20(28)27(18-10-8-9-17(23)15-18)14-7-5-6-11-19-25-21(29-26-19)22(2,3)4/h8-10,15H,1,5-7,11-14H2,2-4H3. The highest BCUT2D eigenvalue weighted by Crippen LogP contribution is 2.23. The lowest BCUT2D eigenvalue weighted by Gasteiger charge is -2.23. The zero-order valence-electron chi connectivity index (χ0n) is 17.4. The summed E-state index contributed by atoms with van der Waals surface area (Å²) in [6.07, 6.45) is 3.57. The van der Waals surface area contributed by atoms with Gasteiger partial charge >= 0.3 is 0 Å². The van der Waals surface area contributed by atoms with Crippen LogP contribution in [0, 0.1) is 0 Å². The minimum absolute atomic E-state index is 0.0529. The number of allylic oxidation sites excluding steroid dienone is 1. The molecule has 1 heterocycles. The van der Waals surface area contributed by atoms with E-state index in [9.17, 15) is 9.18 Å². The smallest absolute Gasteiger partial charge is 0.232 e. The zero-order chi connectivity index (χ0) is 21.4. The minimum atomic E-state index is -0.470. The molecule has 1 aromatic carbocycles. The van der Waals surface area contributed by atoms with Crippen LogP contribution in [0.15, 0.2) is 45.7 Å². The summed E-state index contributed by atoms with van der Waals surface area (Å²) in [6.45, 7) is 9.93. The van der Waals surface area contributed by atoms with Crippen LogP contribution in [0.4, 0.5) is 10.1 Å². The molecular weight excluding hydrogens is 437 g/mol. The molecule has 0 unspecified atom stereocenters. The van der Waals surface area contributed by atoms with Crippen molar-refractivity contribution < 1.29 is 13.7 Å². The molecule has 0 saturated carbocycles. The Hall–Kier alpha value is -2.02. The van der Waals surface area contributed by atoms with Crippen LogP contribution in [0.5, 0.6) is 0 Å². The number of halogens is 2. The van der Waals surface area contributed by atoms with E-state index in [0.717, 1.165) is 41.7 Å². The minimum Gasteiger partial charge on any atom is -0.339 e. The number of aryl methyl sites for hydroxylation is 1. The average molecular weight is 466 g/mol. The Balaban J connectivity index is 1.88. The fourth-order valence-electron chi connectivity index (χ4n) is 2.81. The van der Waals surface area contributed by atoms with Gasteiger partial charge < -0.3 is 9.42 Å². The molecule has 0 N–H and O–H groups in total. The van der Waals surface area contributed by atoms with Gasteiger partial charge in [-0.25, -0.2) is 4.39 Å². The van der Waals surface area contributed by atoms with Crippen molar-refractivity contribution in [2.75, 3.05) is 11.4 Å². The lowest BCUT2D eigenvalue weighted by molar-refractivity contribution is -0.118. The molecule has 0 saturated heterocycles. The third-order valence-corrected chi connectivity index (χ3v) is 4.92. The molecule has 158 valence electrons. The summed E-state index contributed by atoms with van der Waals surface area (Å²) in [4.78, 5) is 18.8. The first-order valence-corrected chi connectivity index (χ1v) is 10.7. The summed E-state index contributed by atoms with van der Waals surface area (Å²) in [5.41, 5.74) is 0.655. The normalized spacial score (nSPS) is 11.5. The van der Waals surface area contributed by atoms with E-state index >= 15 is 0 Å². The fourth-order valence-corrected chi connectivity index (χ4v) is 3.20. The first-order valence-electron chi connectivity index (χ1n) is 9.89. The predicted molar refractivity (Wildman–Crippen MR) is 117 cm³/mol. The first-order chi connectivity index (χ1) is 13.7. The number of anilines is 1. The molecule has 2 aromatic rings. The van der Waals surface area contributed by atoms with Crippen LogP contribution >= 0.6 is 15.9 Å². The second-order valence-electron chi connectivity index (χ2n) is 8.12. The number of nitrogens with zero attached hydrogens (tertiary/aromatic N) is 3. The zero-order valence-corrected chi connectivity index (χ0v) is 19.0. The van der Waals surface area contributed by atoms with Crippen LogP contribution in [0.25, 0.3) is 0 Å². The fraction of sp³-hybridized carbons (Fsp3) is 0.500. The number of hydrogen-bond donors (Lipinski definition) is 0. The van der Waals surface area contributed by atoms with E-state index < -0.39 is 5.83 Å². The molecule has 0 aliphatic rings. The Morgan fingerprint density at radius 1 is 1.24 bits per heavy atom. The maximum atomic E-state index is 13.0. The molecule has 5 nitrogen and oxygen atoms in total. The van der Waals surface area contributed by atoms with E-state index in [1.54, 1.807) is 4.90 Å². The molecule has 0 aliphatic heterocycles. The van der Waals surface area contributed by atoms with Crippen molar-refractivity contribution in [3.05, 3.63) is 52.9 Å². The molecular formula is C22H29BrFN3O2. The van der Waals surface area contributed by atoms with E-state index in [0.29, 0.717) is 12.4 Å². The number of hydrogen-bond acceptors (Lipinski definition) is 4. The Kier molecular flexibility index (Phi) is 8.56. The molecule has 0 spiro atoms. The monoisotopic (exact) mass is 465 g/mol. The van der Waals surface area contributed by atoms with Gasteiger partial charge in [0.25, 0.3) is 0 Å². The van der Waals surface area contributed by atoms with Crippen LogP contribution in [0.2, 0.25) is 0 Å². The Bertz CT molecular complexity index is 829. The van der Waals surface area contributed by atoms with Crippen LogP contribution in [0.1, 0.15) is 64.6 Å². The Morgan fingerprint density at radius 2 is 2.00 bits per heavy atom. The molecule has 2 rings (SSSR count). The van der Waals surface area contributed by atoms with E-state index in [2.05, 4.69) is 32.6 Å². The van der Waals surface area contributed by atoms with Crippen LogP contribution in [0.3, 0.4) is 0 Å². The number of unbranched alkanes of at least 4 members (excludes halogenated alkanes) is 2. The number of benzene rings is 1. The number of carbonyl (C=O) groups excluding carboxylic acids is 1. The predicted octanol–water partition coefficient (Wildman–Crippen LogP) is 6.14. The van der Waals surface area contributed by atoms with Gasteiger partial charge in [-0.2, -0.15) is 4.98 Å². The molecule has 1 aromatic heterocycles. The van der Waals surface area contributed by atoms with Crippen molar-refractivity contribution >= 4 is 27.5 Å². The highest BCUT2D eigenvalue weighted by Gasteiger charge is 2.21. The van der Waals surface area contributed by atoms with Gasteiger partial charge in [-0.1, -0.05) is 60.9 Å². The van der Waals surface area contributed by atoms with Gasteiger partial charge in [0.2, 0.25) is 11.8 Å². The maximum Gasteiger partial charge on any atom is 0.232 e. The van der Waals surface area contributed by atoms with Crippen molar-refractivity contribution in [2.45, 2.75) is 64.7 Å². The molecule has 0 aliphatic carbocycles. The van der Waals surface area contributed by atoms with Gasteiger partial charge in [0.1, 0.15) is 0 Å². The topological polar surface area (TPSA) is 59.2 Å². The Morgan fingerprint density at radius 3 is 2.62 bits per heavy atom. The van der Waals surface area contributed by atoms with Crippen LogP contribution in [-0.2, 0) is 16.6 Å². The molecule has 0 atom stereocenters. The molecule has 0 bridgehead atoms. The van der Waals surface area contributed by atoms with E-state index in [1.807, 2.05) is 45.0 Å². The van der Waals surface area contributed by atoms with Crippen molar-refractivity contribution in [1.29, 1.82) is 0 Å². The van der Waals surface area contributed by atoms with Gasteiger partial charge in [0, 0.05) is 41.4 Å². The van der Waals surface area contributed by atoms with E-state index in [4.69, 9.17) is 4.52 Å². The van der Waals surface area contributed by atoms with E-state index in [1.165, 1.54) is 0 Å². The van der Waals surface area contributed by atoms with Gasteiger partial charge in [-0.3, -0.25) is 4.79 Å². The summed E-state index contributed by atoms with van der Waals surface area (Å²) in [6, 6.07) is 7.58. The van der Waals surface area contributed by atoms with Gasteiger partial charge in [0.15, 0.2) is 5.82 Å². The first kappa shape index (κ1) is 23.3. The number of rotatable bonds is 10. The summed E-state index contributed by atoms with van der Waals surface area (Å²) in [7, 11) is 0. The molecule has 0 radical (unpaired) electrons. The van der Waals surface area contributed by atoms with E-state index in [-0.39, 0.29) is 24.2 Å². The summed E-state index contributed by atoms with van der Waals surface area (Å²) < 4.78 is 19.2. The van der Waals surface area contributed by atoms with Crippen LogP contribution < -0.4 is 4.90 Å². The molecule has 7 heteroatoms. The summed E-state index contributed by atoms with van der Waals surface area (Å²) in [5.74, 6) is 0.793. The quantitative estimate of drug-likeness (QED) is 0.395. The lowest BCUT2D eigenvalue weighted by atomic mass is 9.97. The van der Waals surface area contributed by atoms with Crippen molar-refractivity contribution in [3.8, 4) is 0 Å². The van der Waals surface area contributed by atoms with Crippen molar-refractivity contribution in [1.82, 2.24) is 10.1 Å². The SMILES string of the molecule is C=C(F)CCC(=O)N(CCCCCc1noc(C(C)(C)C)n1)c1cccc(Br)c1. The lowest BCUT2D eigenvalue weighted by Crippen LogP contribution is -2.31. The average Bonchev–Trinajstić information content (AvgIpc) is 3.12. The van der Waals surface area contributed by atoms with Gasteiger partial charge in [-0.15, -0.1) is 0 Å². The maximum absolute atomic E-state index is 13.0. The third kappa shape index (κ3) is 7.72. The molecule has 1 amide bonds. The second-order valence-corrected chi connectivity index (χ2v) is 9.03. The number of carbonyl (C=O) groups is 1. The third-order valence-electron chi connectivity index (χ3n) is 4.42. The number of amides is 1. The van der Waals surface area contributed by atoms with Crippen molar-refractivity contribution in [3.63, 3.8) is 0 Å². The number of aromatic nitrogens is 2. The van der Waals surface area contributed by atoms with Crippen LogP contribution in [-0.4, -0.2) is 22.6 Å². The molecule has 29 heavy (non-hydrogen) atoms. The Labute approximate surface area is 180 Å².